The van der Waals surface area contributed by atoms with Gasteiger partial charge in [-0.05, 0) is 26.7 Å². The Balaban J connectivity index is 2.31. The van der Waals surface area contributed by atoms with Gasteiger partial charge < -0.3 is 15.2 Å². The fourth-order valence-electron chi connectivity index (χ4n) is 3.07. The first-order valence-electron chi connectivity index (χ1n) is 8.63. The molecule has 0 atom stereocenters. The molecule has 2 N–H and O–H groups in total. The van der Waals surface area contributed by atoms with Gasteiger partial charge in [-0.2, -0.15) is 4.98 Å². The highest BCUT2D eigenvalue weighted by Gasteiger charge is 2.33. The van der Waals surface area contributed by atoms with Gasteiger partial charge in [0.05, 0.1) is 0 Å². The molecule has 8 nitrogen and oxygen atoms in total. The number of nitrogens with zero attached hydrogens (tertiary/aromatic N) is 5. The maximum atomic E-state index is 12.8. The molecule has 2 heterocycles. The van der Waals surface area contributed by atoms with Crippen molar-refractivity contribution in [2.75, 3.05) is 18.0 Å². The van der Waals surface area contributed by atoms with Crippen LogP contribution in [0.15, 0.2) is 21.2 Å². The third-order valence-corrected chi connectivity index (χ3v) is 4.62. The number of hydrogen-bond donors (Lipinski definition) is 1. The predicted molar refractivity (Wildman–Crippen MR) is 99.1 cm³/mol. The summed E-state index contributed by atoms with van der Waals surface area (Å²) in [5, 5.41) is 0. The summed E-state index contributed by atoms with van der Waals surface area (Å²) in [7, 11) is 3.15. The number of aromatic nitrogens is 4. The van der Waals surface area contributed by atoms with E-state index in [-0.39, 0.29) is 11.2 Å². The summed E-state index contributed by atoms with van der Waals surface area (Å²) in [6, 6.07) is 0.409. The van der Waals surface area contributed by atoms with Crippen molar-refractivity contribution in [2.24, 2.45) is 19.8 Å². The largest absolute Gasteiger partial charge is 0.338 e. The number of hydrogen-bond acceptors (Lipinski definition) is 5. The fraction of sp³-hybridized carbons (Fsp3) is 0.588. The minimum absolute atomic E-state index is 0.317. The van der Waals surface area contributed by atoms with E-state index >= 15 is 0 Å². The lowest BCUT2D eigenvalue weighted by Gasteiger charge is -2.23. The predicted octanol–water partition coefficient (Wildman–Crippen LogP) is 0.327. The molecule has 8 heteroatoms. The zero-order valence-corrected chi connectivity index (χ0v) is 15.3. The van der Waals surface area contributed by atoms with Gasteiger partial charge in [-0.1, -0.05) is 11.6 Å². The van der Waals surface area contributed by atoms with Crippen LogP contribution in [-0.2, 0) is 20.6 Å². The molecule has 0 aliphatic heterocycles. The zero-order valence-electron chi connectivity index (χ0n) is 15.3. The lowest BCUT2D eigenvalue weighted by Crippen LogP contribution is -2.37. The molecule has 0 amide bonds. The Morgan fingerprint density at radius 2 is 1.96 bits per heavy atom. The van der Waals surface area contributed by atoms with E-state index in [1.165, 1.54) is 11.6 Å². The first-order chi connectivity index (χ1) is 11.9. The summed E-state index contributed by atoms with van der Waals surface area (Å²) in [5.41, 5.74) is 7.15. The van der Waals surface area contributed by atoms with Crippen LogP contribution in [0.25, 0.3) is 11.2 Å². The highest BCUT2D eigenvalue weighted by Crippen LogP contribution is 2.32. The van der Waals surface area contributed by atoms with Crippen LogP contribution < -0.4 is 21.9 Å². The van der Waals surface area contributed by atoms with Crippen molar-refractivity contribution >= 4 is 17.1 Å². The van der Waals surface area contributed by atoms with Gasteiger partial charge in [0.1, 0.15) is 0 Å². The average molecular weight is 346 g/mol. The normalized spacial score (nSPS) is 14.1. The molecule has 0 saturated heterocycles. The quantitative estimate of drug-likeness (QED) is 0.761. The first kappa shape index (κ1) is 17.5. The smallest absolute Gasteiger partial charge is 0.332 e. The highest BCUT2D eigenvalue weighted by atomic mass is 16.2. The van der Waals surface area contributed by atoms with Crippen molar-refractivity contribution < 1.29 is 0 Å². The van der Waals surface area contributed by atoms with Crippen molar-refractivity contribution in [1.82, 2.24) is 18.7 Å². The molecule has 0 spiro atoms. The number of fused-ring (bicyclic) bond motifs is 1. The van der Waals surface area contributed by atoms with Crippen molar-refractivity contribution in [3.05, 3.63) is 32.5 Å². The summed E-state index contributed by atoms with van der Waals surface area (Å²) >= 11 is 0. The lowest BCUT2D eigenvalue weighted by molar-refractivity contribution is 0.698. The highest BCUT2D eigenvalue weighted by molar-refractivity contribution is 5.75. The Kier molecular flexibility index (Phi) is 4.55. The second-order valence-electron chi connectivity index (χ2n) is 6.90. The van der Waals surface area contributed by atoms with Crippen molar-refractivity contribution in [1.29, 1.82) is 0 Å². The Labute approximate surface area is 146 Å². The van der Waals surface area contributed by atoms with Crippen LogP contribution in [0.1, 0.15) is 26.7 Å². The van der Waals surface area contributed by atoms with Gasteiger partial charge in [0.25, 0.3) is 5.56 Å². The van der Waals surface area contributed by atoms with E-state index in [0.717, 1.165) is 28.9 Å². The first-order valence-corrected chi connectivity index (χ1v) is 8.63. The summed E-state index contributed by atoms with van der Waals surface area (Å²) < 4.78 is 4.49. The van der Waals surface area contributed by atoms with Gasteiger partial charge in [0, 0.05) is 39.8 Å². The molecule has 0 bridgehead atoms. The minimum Gasteiger partial charge on any atom is -0.338 e. The Bertz CT molecular complexity index is 941. The van der Waals surface area contributed by atoms with E-state index in [2.05, 4.69) is 16.0 Å². The molecule has 25 heavy (non-hydrogen) atoms. The van der Waals surface area contributed by atoms with Crippen LogP contribution in [0, 0.1) is 0 Å². The topological polar surface area (TPSA) is 91.1 Å². The van der Waals surface area contributed by atoms with Crippen molar-refractivity contribution in [3.8, 4) is 0 Å². The van der Waals surface area contributed by atoms with E-state index in [1.807, 2.05) is 18.4 Å². The molecular weight excluding hydrogens is 320 g/mol. The van der Waals surface area contributed by atoms with Crippen molar-refractivity contribution in [3.63, 3.8) is 0 Å². The summed E-state index contributed by atoms with van der Waals surface area (Å²) in [4.78, 5) is 31.9. The van der Waals surface area contributed by atoms with Gasteiger partial charge in [-0.25, -0.2) is 4.79 Å². The van der Waals surface area contributed by atoms with Crippen LogP contribution in [0.2, 0.25) is 0 Å². The standard InChI is InChI=1S/C17H26N6O2/c1-11(2)7-9-23-13-14(20(3)17(25)21(4)15(13)24)19-16(23)22(10-8-18)12-5-6-12/h7,12H,5-6,8-10,18H2,1-4H3. The van der Waals surface area contributed by atoms with Crippen LogP contribution in [0.4, 0.5) is 5.95 Å². The molecule has 0 aromatic carbocycles. The molecule has 3 rings (SSSR count). The molecule has 1 fully saturated rings. The van der Waals surface area contributed by atoms with Gasteiger partial charge in [-0.15, -0.1) is 0 Å². The fourth-order valence-corrected chi connectivity index (χ4v) is 3.07. The minimum atomic E-state index is -0.368. The molecule has 1 aliphatic carbocycles. The number of aryl methyl sites for hydroxylation is 1. The maximum Gasteiger partial charge on any atom is 0.332 e. The molecular formula is C17H26N6O2. The third kappa shape index (κ3) is 3.02. The van der Waals surface area contributed by atoms with E-state index < -0.39 is 0 Å². The van der Waals surface area contributed by atoms with Gasteiger partial charge in [0.2, 0.25) is 5.95 Å². The van der Waals surface area contributed by atoms with Gasteiger partial charge in [0.15, 0.2) is 11.2 Å². The van der Waals surface area contributed by atoms with Crippen molar-refractivity contribution in [2.45, 2.75) is 39.3 Å². The number of anilines is 1. The monoisotopic (exact) mass is 346 g/mol. The molecule has 2 aromatic heterocycles. The molecule has 136 valence electrons. The molecule has 0 radical (unpaired) electrons. The van der Waals surface area contributed by atoms with E-state index in [9.17, 15) is 9.59 Å². The van der Waals surface area contributed by atoms with Gasteiger partial charge in [-0.3, -0.25) is 13.9 Å². The number of imidazole rings is 1. The average Bonchev–Trinajstić information content (AvgIpc) is 3.34. The number of nitrogens with two attached hydrogens (primary N) is 1. The maximum absolute atomic E-state index is 12.8. The second kappa shape index (κ2) is 6.51. The van der Waals surface area contributed by atoms with Crippen LogP contribution in [-0.4, -0.2) is 37.8 Å². The summed E-state index contributed by atoms with van der Waals surface area (Å²) in [6.07, 6.45) is 4.26. The number of allylic oxidation sites excluding steroid dienone is 2. The Morgan fingerprint density at radius 3 is 2.52 bits per heavy atom. The third-order valence-electron chi connectivity index (χ3n) is 4.62. The number of rotatable bonds is 6. The van der Waals surface area contributed by atoms with Crippen LogP contribution >= 0.6 is 0 Å². The summed E-state index contributed by atoms with van der Waals surface area (Å²) in [5.74, 6) is 0.721. The molecule has 1 saturated carbocycles. The molecule has 2 aromatic rings. The van der Waals surface area contributed by atoms with Crippen LogP contribution in [0.5, 0.6) is 0 Å². The SMILES string of the molecule is CC(C)=CCn1c(N(CCN)C2CC2)nc2c1c(=O)n(C)c(=O)n2C. The zero-order chi connectivity index (χ0) is 18.3. The Morgan fingerprint density at radius 1 is 1.28 bits per heavy atom. The van der Waals surface area contributed by atoms with Crippen LogP contribution in [0.3, 0.4) is 0 Å². The Hall–Kier alpha value is -2.35. The lowest BCUT2D eigenvalue weighted by atomic mass is 10.3. The van der Waals surface area contributed by atoms with E-state index in [0.29, 0.717) is 36.8 Å². The van der Waals surface area contributed by atoms with E-state index in [4.69, 9.17) is 5.73 Å². The summed E-state index contributed by atoms with van der Waals surface area (Å²) in [6.45, 7) is 5.77. The molecule has 0 unspecified atom stereocenters. The van der Waals surface area contributed by atoms with Gasteiger partial charge >= 0.3 is 5.69 Å². The van der Waals surface area contributed by atoms with E-state index in [1.54, 1.807) is 7.05 Å². The molecule has 1 aliphatic rings. The second-order valence-corrected chi connectivity index (χ2v) is 6.90.